The Morgan fingerprint density at radius 3 is 2.75 bits per heavy atom. The molecule has 1 aromatic carbocycles. The number of carbonyl (C=O) groups excluding carboxylic acids is 1. The molecule has 0 unspecified atom stereocenters. The number of amides is 1. The topological polar surface area (TPSA) is 81.9 Å². The van der Waals surface area contributed by atoms with E-state index in [0.29, 0.717) is 38.3 Å². The molecule has 1 aromatic rings. The first-order valence-corrected chi connectivity index (χ1v) is 8.42. The van der Waals surface area contributed by atoms with Crippen LogP contribution in [-0.2, 0) is 4.74 Å². The molecule has 0 aromatic heterocycles. The maximum absolute atomic E-state index is 11.9. The summed E-state index contributed by atoms with van der Waals surface area (Å²) in [6.07, 6.45) is 2.66. The van der Waals surface area contributed by atoms with Crippen molar-refractivity contribution in [3.63, 3.8) is 0 Å². The predicted octanol–water partition coefficient (Wildman–Crippen LogP) is 4.03. The number of hydrogen-bond donors (Lipinski definition) is 0. The second-order valence-corrected chi connectivity index (χ2v) is 6.00. The van der Waals surface area contributed by atoms with E-state index in [9.17, 15) is 14.9 Å². The highest BCUT2D eigenvalue weighted by atomic mass is 35.5. The smallest absolute Gasteiger partial charge is 0.409 e. The number of benzene rings is 1. The summed E-state index contributed by atoms with van der Waals surface area (Å²) in [5.74, 6) is 0.301. The van der Waals surface area contributed by atoms with Crippen LogP contribution in [0.3, 0.4) is 0 Å². The fraction of sp³-hybridized carbons (Fsp3) is 0.562. The summed E-state index contributed by atoms with van der Waals surface area (Å²) in [6, 6.07) is 4.49. The number of ether oxygens (including phenoxy) is 2. The van der Waals surface area contributed by atoms with Gasteiger partial charge in [0.2, 0.25) is 0 Å². The Morgan fingerprint density at radius 1 is 1.42 bits per heavy atom. The van der Waals surface area contributed by atoms with Gasteiger partial charge in [-0.1, -0.05) is 31.0 Å². The number of piperidine rings is 1. The quantitative estimate of drug-likeness (QED) is 0.436. The monoisotopic (exact) mass is 356 g/mol. The van der Waals surface area contributed by atoms with Crippen molar-refractivity contribution in [2.24, 2.45) is 0 Å². The number of likely N-dealkylation sites (tertiary alicyclic amines) is 1. The molecular formula is C16H21ClN2O5. The lowest BCUT2D eigenvalue weighted by atomic mass is 10.1. The van der Waals surface area contributed by atoms with Gasteiger partial charge in [0, 0.05) is 32.0 Å². The second kappa shape index (κ2) is 8.73. The van der Waals surface area contributed by atoms with Crippen molar-refractivity contribution in [1.82, 2.24) is 4.90 Å². The summed E-state index contributed by atoms with van der Waals surface area (Å²) >= 11 is 6.02. The van der Waals surface area contributed by atoms with Crippen LogP contribution >= 0.6 is 11.6 Å². The van der Waals surface area contributed by atoms with Crippen LogP contribution < -0.4 is 4.74 Å². The minimum absolute atomic E-state index is 0.00362. The van der Waals surface area contributed by atoms with Crippen LogP contribution in [-0.4, -0.2) is 41.7 Å². The van der Waals surface area contributed by atoms with Gasteiger partial charge >= 0.3 is 6.09 Å². The molecule has 24 heavy (non-hydrogen) atoms. The largest absolute Gasteiger partial charge is 0.488 e. The predicted molar refractivity (Wildman–Crippen MR) is 89.6 cm³/mol. The maximum Gasteiger partial charge on any atom is 0.409 e. The Kier molecular flexibility index (Phi) is 6.66. The van der Waals surface area contributed by atoms with E-state index >= 15 is 0 Å². The lowest BCUT2D eigenvalue weighted by molar-refractivity contribution is -0.384. The molecule has 1 aliphatic rings. The van der Waals surface area contributed by atoms with E-state index in [0.717, 1.165) is 12.8 Å². The van der Waals surface area contributed by atoms with E-state index in [1.54, 1.807) is 17.0 Å². The van der Waals surface area contributed by atoms with Crippen LogP contribution in [0.15, 0.2) is 18.2 Å². The van der Waals surface area contributed by atoms with Crippen LogP contribution in [0.4, 0.5) is 10.5 Å². The molecule has 2 rings (SSSR count). The first-order chi connectivity index (χ1) is 11.5. The minimum atomic E-state index is -0.538. The van der Waals surface area contributed by atoms with Crippen LogP contribution in [0.25, 0.3) is 0 Å². The lowest BCUT2D eigenvalue weighted by Gasteiger charge is -2.31. The SMILES string of the molecule is CCCCOC(=O)N1CCC(Oc2cccc([N+](=O)[O-])c2Cl)CC1. The van der Waals surface area contributed by atoms with Gasteiger partial charge in [0.1, 0.15) is 11.9 Å². The van der Waals surface area contributed by atoms with Gasteiger partial charge in [-0.25, -0.2) is 4.79 Å². The fourth-order valence-corrected chi connectivity index (χ4v) is 2.70. The van der Waals surface area contributed by atoms with Gasteiger partial charge in [0.15, 0.2) is 5.02 Å². The first-order valence-electron chi connectivity index (χ1n) is 8.04. The maximum atomic E-state index is 11.9. The summed E-state index contributed by atoms with van der Waals surface area (Å²) in [5.41, 5.74) is -0.175. The Balaban J connectivity index is 1.86. The van der Waals surface area contributed by atoms with Gasteiger partial charge in [-0.2, -0.15) is 0 Å². The van der Waals surface area contributed by atoms with Gasteiger partial charge in [-0.05, 0) is 12.5 Å². The number of unbranched alkanes of at least 4 members (excludes halogenated alkanes) is 1. The zero-order valence-electron chi connectivity index (χ0n) is 13.6. The molecule has 1 saturated heterocycles. The number of nitro benzene ring substituents is 1. The Labute approximate surface area is 145 Å². The van der Waals surface area contributed by atoms with Gasteiger partial charge in [0.05, 0.1) is 11.5 Å². The molecule has 8 heteroatoms. The molecule has 132 valence electrons. The van der Waals surface area contributed by atoms with Crippen LogP contribution in [0.2, 0.25) is 5.02 Å². The highest BCUT2D eigenvalue weighted by Crippen LogP contribution is 2.34. The molecule has 0 atom stereocenters. The molecule has 1 fully saturated rings. The molecule has 0 N–H and O–H groups in total. The zero-order valence-corrected chi connectivity index (χ0v) is 14.3. The van der Waals surface area contributed by atoms with Crippen LogP contribution in [0.5, 0.6) is 5.75 Å². The van der Waals surface area contributed by atoms with Gasteiger partial charge in [-0.15, -0.1) is 0 Å². The lowest BCUT2D eigenvalue weighted by Crippen LogP contribution is -2.42. The Bertz CT molecular complexity index is 588. The van der Waals surface area contributed by atoms with Gasteiger partial charge < -0.3 is 14.4 Å². The average molecular weight is 357 g/mol. The van der Waals surface area contributed by atoms with Gasteiger partial charge in [-0.3, -0.25) is 10.1 Å². The van der Waals surface area contributed by atoms with E-state index in [4.69, 9.17) is 21.1 Å². The van der Waals surface area contributed by atoms with Crippen molar-refractivity contribution < 1.29 is 19.2 Å². The first kappa shape index (κ1) is 18.3. The van der Waals surface area contributed by atoms with Crippen molar-refractivity contribution in [2.45, 2.75) is 38.7 Å². The van der Waals surface area contributed by atoms with Crippen molar-refractivity contribution in [1.29, 1.82) is 0 Å². The second-order valence-electron chi connectivity index (χ2n) is 5.62. The summed E-state index contributed by atoms with van der Waals surface area (Å²) in [7, 11) is 0. The molecule has 1 heterocycles. The molecule has 0 bridgehead atoms. The number of hydrogen-bond acceptors (Lipinski definition) is 5. The summed E-state index contributed by atoms with van der Waals surface area (Å²) in [4.78, 5) is 23.9. The number of halogens is 1. The zero-order chi connectivity index (χ0) is 17.5. The molecule has 0 saturated carbocycles. The summed E-state index contributed by atoms with van der Waals surface area (Å²) < 4.78 is 11.0. The van der Waals surface area contributed by atoms with Crippen molar-refractivity contribution in [3.8, 4) is 5.75 Å². The number of rotatable bonds is 6. The third-order valence-electron chi connectivity index (χ3n) is 3.86. The van der Waals surface area contributed by atoms with Crippen molar-refractivity contribution in [2.75, 3.05) is 19.7 Å². The minimum Gasteiger partial charge on any atom is -0.488 e. The third-order valence-corrected chi connectivity index (χ3v) is 4.24. The number of nitro groups is 1. The number of nitrogens with zero attached hydrogens (tertiary/aromatic N) is 2. The van der Waals surface area contributed by atoms with E-state index in [1.807, 2.05) is 6.92 Å². The van der Waals surface area contributed by atoms with E-state index in [-0.39, 0.29) is 22.9 Å². The fourth-order valence-electron chi connectivity index (χ4n) is 2.46. The molecular weight excluding hydrogens is 336 g/mol. The van der Waals surface area contributed by atoms with E-state index < -0.39 is 4.92 Å². The molecule has 0 radical (unpaired) electrons. The Morgan fingerprint density at radius 2 is 2.12 bits per heavy atom. The highest BCUT2D eigenvalue weighted by molar-refractivity contribution is 6.34. The Hall–Kier alpha value is -2.02. The highest BCUT2D eigenvalue weighted by Gasteiger charge is 2.26. The van der Waals surface area contributed by atoms with Crippen LogP contribution in [0, 0.1) is 10.1 Å². The normalized spacial score (nSPS) is 15.2. The third kappa shape index (κ3) is 4.74. The van der Waals surface area contributed by atoms with Crippen LogP contribution in [0.1, 0.15) is 32.6 Å². The summed E-state index contributed by atoms with van der Waals surface area (Å²) in [5, 5.41) is 10.9. The van der Waals surface area contributed by atoms with Crippen molar-refractivity contribution in [3.05, 3.63) is 33.3 Å². The van der Waals surface area contributed by atoms with Gasteiger partial charge in [0.25, 0.3) is 5.69 Å². The molecule has 7 nitrogen and oxygen atoms in total. The standard InChI is InChI=1S/C16H21ClN2O5/c1-2-3-11-23-16(20)18-9-7-12(8-10-18)24-14-6-4-5-13(15(14)17)19(21)22/h4-6,12H,2-3,7-11H2,1H3. The molecule has 1 aliphatic heterocycles. The number of carbonyl (C=O) groups is 1. The molecule has 0 aliphatic carbocycles. The molecule has 0 spiro atoms. The average Bonchev–Trinajstić information content (AvgIpc) is 2.57. The van der Waals surface area contributed by atoms with Crippen molar-refractivity contribution >= 4 is 23.4 Å². The van der Waals surface area contributed by atoms with E-state index in [1.165, 1.54) is 6.07 Å². The van der Waals surface area contributed by atoms with E-state index in [2.05, 4.69) is 0 Å². The summed E-state index contributed by atoms with van der Waals surface area (Å²) in [6.45, 7) is 3.54. The molecule has 1 amide bonds.